The number of morpholine rings is 1. The predicted octanol–water partition coefficient (Wildman–Crippen LogP) is 2.30. The van der Waals surface area contributed by atoms with Gasteiger partial charge in [-0.3, -0.25) is 9.59 Å². The van der Waals surface area contributed by atoms with Crippen LogP contribution in [0.5, 0.6) is 0 Å². The van der Waals surface area contributed by atoms with Gasteiger partial charge in [-0.2, -0.15) is 0 Å². The molecule has 1 aromatic rings. The molecule has 0 bridgehead atoms. The first-order chi connectivity index (χ1) is 14.3. The summed E-state index contributed by atoms with van der Waals surface area (Å²) in [5, 5.41) is 9.78. The zero-order valence-corrected chi connectivity index (χ0v) is 18.0. The molecule has 0 saturated carbocycles. The molecule has 0 aromatic heterocycles. The van der Waals surface area contributed by atoms with Gasteiger partial charge in [0, 0.05) is 43.7 Å². The van der Waals surface area contributed by atoms with E-state index >= 15 is 0 Å². The Labute approximate surface area is 179 Å². The van der Waals surface area contributed by atoms with Crippen LogP contribution in [-0.4, -0.2) is 71.7 Å². The van der Waals surface area contributed by atoms with Gasteiger partial charge in [0.2, 0.25) is 5.91 Å². The fourth-order valence-electron chi connectivity index (χ4n) is 3.92. The molecule has 2 heterocycles. The van der Waals surface area contributed by atoms with Crippen LogP contribution in [-0.2, 0) is 9.53 Å². The zero-order chi connectivity index (χ0) is 21.6. The van der Waals surface area contributed by atoms with Gasteiger partial charge in [-0.25, -0.2) is 0 Å². The average Bonchev–Trinajstić information content (AvgIpc) is 2.76. The maximum Gasteiger partial charge on any atom is 0.253 e. The van der Waals surface area contributed by atoms with Crippen LogP contribution in [0.15, 0.2) is 24.3 Å². The Hall–Kier alpha value is -2.36. The molecule has 1 N–H and O–H groups in total. The van der Waals surface area contributed by atoms with Crippen LogP contribution in [0, 0.1) is 17.8 Å². The molecule has 0 aliphatic carbocycles. The lowest BCUT2D eigenvalue weighted by Gasteiger charge is -2.33. The van der Waals surface area contributed by atoms with Crippen molar-refractivity contribution in [2.24, 2.45) is 5.92 Å². The summed E-state index contributed by atoms with van der Waals surface area (Å²) in [7, 11) is 0. The standard InChI is InChI=1S/C24H32N2O4/c1-24(2,29)11-10-19-5-3-7-21(17-19)23(28)26-12-4-6-20(18-26)8-9-22(27)25-13-15-30-16-14-25/h3,5,7,17,20,29H,4,6,8-9,12-16,18H2,1-2H3/t20-/m1/s1. The normalized spacial score (nSPS) is 19.8. The van der Waals surface area contributed by atoms with E-state index in [-0.39, 0.29) is 11.8 Å². The Bertz CT molecular complexity index is 812. The van der Waals surface area contributed by atoms with Crippen molar-refractivity contribution in [2.45, 2.75) is 45.1 Å². The van der Waals surface area contributed by atoms with Crippen LogP contribution in [0.4, 0.5) is 0 Å². The van der Waals surface area contributed by atoms with Gasteiger partial charge in [0.05, 0.1) is 13.2 Å². The summed E-state index contributed by atoms with van der Waals surface area (Å²) in [6.07, 6.45) is 3.36. The van der Waals surface area contributed by atoms with E-state index < -0.39 is 5.60 Å². The minimum Gasteiger partial charge on any atom is -0.378 e. The quantitative estimate of drug-likeness (QED) is 0.771. The summed E-state index contributed by atoms with van der Waals surface area (Å²) < 4.78 is 5.31. The molecular weight excluding hydrogens is 380 g/mol. The van der Waals surface area contributed by atoms with E-state index in [2.05, 4.69) is 11.8 Å². The van der Waals surface area contributed by atoms with Crippen molar-refractivity contribution in [2.75, 3.05) is 39.4 Å². The summed E-state index contributed by atoms with van der Waals surface area (Å²) in [5.74, 6) is 6.27. The van der Waals surface area contributed by atoms with E-state index in [1.54, 1.807) is 19.9 Å². The smallest absolute Gasteiger partial charge is 0.253 e. The maximum absolute atomic E-state index is 13.0. The third kappa shape index (κ3) is 6.58. The zero-order valence-electron chi connectivity index (χ0n) is 18.0. The molecule has 6 nitrogen and oxygen atoms in total. The van der Waals surface area contributed by atoms with Crippen LogP contribution in [0.2, 0.25) is 0 Å². The monoisotopic (exact) mass is 412 g/mol. The highest BCUT2D eigenvalue weighted by atomic mass is 16.5. The maximum atomic E-state index is 13.0. The second-order valence-corrected chi connectivity index (χ2v) is 8.68. The van der Waals surface area contributed by atoms with Crippen LogP contribution >= 0.6 is 0 Å². The molecule has 2 amide bonds. The minimum absolute atomic E-state index is 0.00566. The second-order valence-electron chi connectivity index (χ2n) is 8.68. The molecule has 0 radical (unpaired) electrons. The van der Waals surface area contributed by atoms with E-state index in [9.17, 15) is 14.7 Å². The van der Waals surface area contributed by atoms with Crippen molar-refractivity contribution in [1.29, 1.82) is 0 Å². The first kappa shape index (κ1) is 22.3. The average molecular weight is 413 g/mol. The summed E-state index contributed by atoms with van der Waals surface area (Å²) in [6, 6.07) is 7.26. The number of aliphatic hydroxyl groups is 1. The lowest BCUT2D eigenvalue weighted by molar-refractivity contribution is -0.135. The molecular formula is C24H32N2O4. The van der Waals surface area contributed by atoms with Gasteiger partial charge in [0.25, 0.3) is 5.91 Å². The van der Waals surface area contributed by atoms with Gasteiger partial charge in [-0.05, 0) is 57.2 Å². The van der Waals surface area contributed by atoms with Gasteiger partial charge in [0.15, 0.2) is 0 Å². The summed E-state index contributed by atoms with van der Waals surface area (Å²) >= 11 is 0. The van der Waals surface area contributed by atoms with Crippen LogP contribution in [0.3, 0.4) is 0 Å². The minimum atomic E-state index is -1.07. The van der Waals surface area contributed by atoms with Gasteiger partial charge < -0.3 is 19.6 Å². The van der Waals surface area contributed by atoms with E-state index in [1.165, 1.54) is 0 Å². The number of likely N-dealkylation sites (tertiary alicyclic amines) is 1. The molecule has 2 saturated heterocycles. The number of nitrogens with zero attached hydrogens (tertiary/aromatic N) is 2. The highest BCUT2D eigenvalue weighted by Crippen LogP contribution is 2.23. The number of benzene rings is 1. The molecule has 6 heteroatoms. The number of hydrogen-bond donors (Lipinski definition) is 1. The second kappa shape index (κ2) is 10.1. The SMILES string of the molecule is CC(C)(O)C#Cc1cccc(C(=O)N2CCC[C@H](CCC(=O)N3CCOCC3)C2)c1. The highest BCUT2D eigenvalue weighted by molar-refractivity contribution is 5.94. The fraction of sp³-hybridized carbons (Fsp3) is 0.583. The Balaban J connectivity index is 1.56. The third-order valence-corrected chi connectivity index (χ3v) is 5.56. The summed E-state index contributed by atoms with van der Waals surface area (Å²) in [4.78, 5) is 29.2. The topological polar surface area (TPSA) is 70.1 Å². The molecule has 2 aliphatic rings. The van der Waals surface area contributed by atoms with Gasteiger partial charge in [0.1, 0.15) is 5.60 Å². The first-order valence-electron chi connectivity index (χ1n) is 10.8. The largest absolute Gasteiger partial charge is 0.378 e. The number of hydrogen-bond acceptors (Lipinski definition) is 4. The van der Waals surface area contributed by atoms with E-state index in [0.29, 0.717) is 56.3 Å². The van der Waals surface area contributed by atoms with Crippen molar-refractivity contribution in [3.05, 3.63) is 35.4 Å². The van der Waals surface area contributed by atoms with Gasteiger partial charge >= 0.3 is 0 Å². The summed E-state index contributed by atoms with van der Waals surface area (Å²) in [6.45, 7) is 7.30. The number of piperidine rings is 1. The molecule has 0 unspecified atom stereocenters. The number of amides is 2. The molecule has 2 fully saturated rings. The van der Waals surface area contributed by atoms with Gasteiger partial charge in [-0.15, -0.1) is 0 Å². The number of ether oxygens (including phenoxy) is 1. The summed E-state index contributed by atoms with van der Waals surface area (Å²) in [5.41, 5.74) is 0.258. The fourth-order valence-corrected chi connectivity index (χ4v) is 3.92. The molecule has 3 rings (SSSR count). The van der Waals surface area contributed by atoms with Crippen molar-refractivity contribution in [1.82, 2.24) is 9.80 Å². The van der Waals surface area contributed by atoms with E-state index in [4.69, 9.17) is 4.74 Å². The van der Waals surface area contributed by atoms with Gasteiger partial charge in [-0.1, -0.05) is 17.9 Å². The lowest BCUT2D eigenvalue weighted by atomic mass is 9.92. The molecule has 2 aliphatic heterocycles. The lowest BCUT2D eigenvalue weighted by Crippen LogP contribution is -2.42. The molecule has 162 valence electrons. The number of carbonyl (C=O) groups excluding carboxylic acids is 2. The molecule has 0 spiro atoms. The van der Waals surface area contributed by atoms with Crippen LogP contribution in [0.1, 0.15) is 55.5 Å². The van der Waals surface area contributed by atoms with Crippen molar-refractivity contribution in [3.8, 4) is 11.8 Å². The highest BCUT2D eigenvalue weighted by Gasteiger charge is 2.26. The number of carbonyl (C=O) groups is 2. The van der Waals surface area contributed by atoms with Crippen molar-refractivity contribution >= 4 is 11.8 Å². The Kier molecular flexibility index (Phi) is 7.52. The van der Waals surface area contributed by atoms with E-state index in [0.717, 1.165) is 25.8 Å². The third-order valence-electron chi connectivity index (χ3n) is 5.56. The van der Waals surface area contributed by atoms with Crippen molar-refractivity contribution < 1.29 is 19.4 Å². The number of rotatable bonds is 4. The molecule has 1 atom stereocenters. The Morgan fingerprint density at radius 2 is 1.97 bits per heavy atom. The first-order valence-corrected chi connectivity index (χ1v) is 10.8. The molecule has 30 heavy (non-hydrogen) atoms. The van der Waals surface area contributed by atoms with E-state index in [1.807, 2.05) is 28.0 Å². The Morgan fingerprint density at radius 1 is 1.20 bits per heavy atom. The van der Waals surface area contributed by atoms with Crippen LogP contribution < -0.4 is 0 Å². The van der Waals surface area contributed by atoms with Crippen molar-refractivity contribution in [3.63, 3.8) is 0 Å². The predicted molar refractivity (Wildman–Crippen MR) is 115 cm³/mol. The Morgan fingerprint density at radius 3 is 2.70 bits per heavy atom. The molecule has 1 aromatic carbocycles. The van der Waals surface area contributed by atoms with Crippen LogP contribution in [0.25, 0.3) is 0 Å².